The van der Waals surface area contributed by atoms with E-state index in [0.717, 1.165) is 5.56 Å². The lowest BCUT2D eigenvalue weighted by atomic mass is 10.1. The fourth-order valence-electron chi connectivity index (χ4n) is 2.69. The molecule has 1 aromatic carbocycles. The molecule has 4 rings (SSSR count). The van der Waals surface area contributed by atoms with Gasteiger partial charge in [-0.15, -0.1) is 0 Å². The molecule has 4 aromatic rings. The molecule has 0 unspecified atom stereocenters. The number of nitrogens with zero attached hydrogens (tertiary/aromatic N) is 4. The Morgan fingerprint density at radius 2 is 2.00 bits per heavy atom. The van der Waals surface area contributed by atoms with Crippen molar-refractivity contribution in [3.05, 3.63) is 54.9 Å². The molecule has 0 fully saturated rings. The second-order valence-corrected chi connectivity index (χ2v) is 5.73. The molecular weight excluding hydrogens is 288 g/mol. The van der Waals surface area contributed by atoms with Crippen molar-refractivity contribution in [3.8, 4) is 23.0 Å². The second kappa shape index (κ2) is 5.35. The van der Waals surface area contributed by atoms with Crippen molar-refractivity contribution in [1.82, 2.24) is 19.7 Å². The van der Waals surface area contributed by atoms with E-state index in [1.807, 2.05) is 24.3 Å². The molecule has 0 atom stereocenters. The monoisotopic (exact) mass is 304 g/mol. The molecule has 0 saturated heterocycles. The first-order chi connectivity index (χ1) is 11.2. The molecule has 0 aliphatic heterocycles. The molecule has 5 nitrogen and oxygen atoms in total. The predicted octanol–water partition coefficient (Wildman–Crippen LogP) is 4.33. The van der Waals surface area contributed by atoms with Gasteiger partial charge in [0.2, 0.25) is 5.82 Å². The summed E-state index contributed by atoms with van der Waals surface area (Å²) >= 11 is 0. The minimum Gasteiger partial charge on any atom is -0.345 e. The summed E-state index contributed by atoms with van der Waals surface area (Å²) in [5.41, 5.74) is 2.82. The van der Waals surface area contributed by atoms with E-state index < -0.39 is 0 Å². The highest BCUT2D eigenvalue weighted by atomic mass is 16.5. The van der Waals surface area contributed by atoms with E-state index in [2.05, 4.69) is 57.9 Å². The zero-order chi connectivity index (χ0) is 15.8. The van der Waals surface area contributed by atoms with E-state index in [1.54, 1.807) is 6.20 Å². The molecule has 0 bridgehead atoms. The third-order valence-corrected chi connectivity index (χ3v) is 3.84. The highest BCUT2D eigenvalue weighted by Crippen LogP contribution is 2.26. The van der Waals surface area contributed by atoms with E-state index in [9.17, 15) is 0 Å². The van der Waals surface area contributed by atoms with Gasteiger partial charge in [-0.2, -0.15) is 4.98 Å². The zero-order valence-corrected chi connectivity index (χ0v) is 13.0. The Kier molecular flexibility index (Phi) is 3.19. The number of fused-ring (bicyclic) bond motifs is 1. The quantitative estimate of drug-likeness (QED) is 0.565. The molecule has 0 aliphatic carbocycles. The van der Waals surface area contributed by atoms with Crippen LogP contribution in [0.2, 0.25) is 0 Å². The van der Waals surface area contributed by atoms with Gasteiger partial charge in [0.25, 0.3) is 5.89 Å². The Bertz CT molecular complexity index is 953. The van der Waals surface area contributed by atoms with Crippen molar-refractivity contribution in [2.24, 2.45) is 0 Å². The van der Waals surface area contributed by atoms with E-state index in [-0.39, 0.29) is 0 Å². The van der Waals surface area contributed by atoms with Crippen LogP contribution in [0.15, 0.2) is 59.4 Å². The summed E-state index contributed by atoms with van der Waals surface area (Å²) < 4.78 is 7.58. The smallest absolute Gasteiger partial charge is 0.276 e. The van der Waals surface area contributed by atoms with Gasteiger partial charge < -0.3 is 9.09 Å². The van der Waals surface area contributed by atoms with Crippen LogP contribution in [0.1, 0.15) is 19.9 Å². The lowest BCUT2D eigenvalue weighted by Gasteiger charge is -2.09. The Hall–Kier alpha value is -2.95. The van der Waals surface area contributed by atoms with Gasteiger partial charge in [0.05, 0.1) is 0 Å². The summed E-state index contributed by atoms with van der Waals surface area (Å²) in [7, 11) is 0. The van der Waals surface area contributed by atoms with Crippen molar-refractivity contribution >= 4 is 10.9 Å². The molecular formula is C18H16N4O. The molecule has 0 spiro atoms. The molecule has 5 heteroatoms. The summed E-state index contributed by atoms with van der Waals surface area (Å²) in [6.45, 7) is 4.34. The standard InChI is InChI=1S/C18H16N4O/c1-12(2)22-10-8-13-11-14(6-7-16(13)22)17-20-18(23-21-17)15-5-3-4-9-19-15/h3-12H,1-2H3. The average molecular weight is 304 g/mol. The van der Waals surface area contributed by atoms with Gasteiger partial charge in [-0.05, 0) is 50.2 Å². The summed E-state index contributed by atoms with van der Waals surface area (Å²) in [4.78, 5) is 8.68. The minimum atomic E-state index is 0.430. The minimum absolute atomic E-state index is 0.430. The van der Waals surface area contributed by atoms with Gasteiger partial charge in [0.1, 0.15) is 5.69 Å². The maximum atomic E-state index is 5.33. The highest BCUT2D eigenvalue weighted by molar-refractivity contribution is 5.84. The molecule has 0 saturated carbocycles. The molecule has 23 heavy (non-hydrogen) atoms. The third-order valence-electron chi connectivity index (χ3n) is 3.84. The summed E-state index contributed by atoms with van der Waals surface area (Å²) in [5, 5.41) is 5.25. The maximum Gasteiger partial charge on any atom is 0.276 e. The molecule has 0 amide bonds. The first-order valence-electron chi connectivity index (χ1n) is 7.58. The van der Waals surface area contributed by atoms with Crippen molar-refractivity contribution in [2.75, 3.05) is 0 Å². The van der Waals surface area contributed by atoms with E-state index in [4.69, 9.17) is 4.52 Å². The van der Waals surface area contributed by atoms with Crippen LogP contribution in [0.5, 0.6) is 0 Å². The second-order valence-electron chi connectivity index (χ2n) is 5.73. The van der Waals surface area contributed by atoms with Crippen LogP contribution in [0.25, 0.3) is 33.9 Å². The number of hydrogen-bond donors (Lipinski definition) is 0. The van der Waals surface area contributed by atoms with E-state index in [1.165, 1.54) is 10.9 Å². The molecule has 0 aliphatic rings. The summed E-state index contributed by atoms with van der Waals surface area (Å²) in [6, 6.07) is 14.3. The van der Waals surface area contributed by atoms with E-state index >= 15 is 0 Å². The number of benzene rings is 1. The lowest BCUT2D eigenvalue weighted by molar-refractivity contribution is 0.431. The highest BCUT2D eigenvalue weighted by Gasteiger charge is 2.12. The summed E-state index contributed by atoms with van der Waals surface area (Å²) in [5.74, 6) is 1.00. The Labute approximate surface area is 133 Å². The SMILES string of the molecule is CC(C)n1ccc2cc(-c3noc(-c4ccccn4)n3)ccc21. The topological polar surface area (TPSA) is 56.7 Å². The third kappa shape index (κ3) is 2.40. The van der Waals surface area contributed by atoms with Crippen molar-refractivity contribution in [3.63, 3.8) is 0 Å². The molecule has 0 radical (unpaired) electrons. The Morgan fingerprint density at radius 3 is 2.78 bits per heavy atom. The number of aromatic nitrogens is 4. The van der Waals surface area contributed by atoms with Gasteiger partial charge in [0.15, 0.2) is 0 Å². The van der Waals surface area contributed by atoms with E-state index in [0.29, 0.717) is 23.5 Å². The first-order valence-corrected chi connectivity index (χ1v) is 7.58. The summed E-state index contributed by atoms with van der Waals surface area (Å²) in [6.07, 6.45) is 3.81. The lowest BCUT2D eigenvalue weighted by Crippen LogP contribution is -1.97. The van der Waals surface area contributed by atoms with Gasteiger partial charge in [0, 0.05) is 34.9 Å². The number of pyridine rings is 1. The van der Waals surface area contributed by atoms with Crippen LogP contribution in [-0.2, 0) is 0 Å². The van der Waals surface area contributed by atoms with Crippen LogP contribution >= 0.6 is 0 Å². The van der Waals surface area contributed by atoms with Crippen LogP contribution in [0, 0.1) is 0 Å². The fourth-order valence-corrected chi connectivity index (χ4v) is 2.69. The molecule has 0 N–H and O–H groups in total. The average Bonchev–Trinajstić information content (AvgIpc) is 3.22. The van der Waals surface area contributed by atoms with Gasteiger partial charge in [-0.25, -0.2) is 0 Å². The van der Waals surface area contributed by atoms with Crippen LogP contribution < -0.4 is 0 Å². The number of hydrogen-bond acceptors (Lipinski definition) is 4. The largest absolute Gasteiger partial charge is 0.345 e. The zero-order valence-electron chi connectivity index (χ0n) is 13.0. The molecule has 3 heterocycles. The van der Waals surface area contributed by atoms with Crippen LogP contribution in [-0.4, -0.2) is 19.7 Å². The molecule has 114 valence electrons. The van der Waals surface area contributed by atoms with Crippen molar-refractivity contribution in [1.29, 1.82) is 0 Å². The Morgan fingerprint density at radius 1 is 1.09 bits per heavy atom. The van der Waals surface area contributed by atoms with Crippen molar-refractivity contribution < 1.29 is 4.52 Å². The number of rotatable bonds is 3. The van der Waals surface area contributed by atoms with Crippen LogP contribution in [0.3, 0.4) is 0 Å². The fraction of sp³-hybridized carbons (Fsp3) is 0.167. The van der Waals surface area contributed by atoms with Gasteiger partial charge in [-0.1, -0.05) is 11.2 Å². The predicted molar refractivity (Wildman–Crippen MR) is 88.8 cm³/mol. The Balaban J connectivity index is 1.74. The maximum absolute atomic E-state index is 5.33. The van der Waals surface area contributed by atoms with Gasteiger partial charge in [-0.3, -0.25) is 4.98 Å². The normalized spacial score (nSPS) is 11.4. The molecule has 3 aromatic heterocycles. The van der Waals surface area contributed by atoms with Crippen molar-refractivity contribution in [2.45, 2.75) is 19.9 Å². The first kappa shape index (κ1) is 13.7. The van der Waals surface area contributed by atoms with Gasteiger partial charge >= 0.3 is 0 Å². The van der Waals surface area contributed by atoms with Crippen LogP contribution in [0.4, 0.5) is 0 Å².